The number of amides is 1. The van der Waals surface area contributed by atoms with Gasteiger partial charge in [0.05, 0.1) is 6.17 Å². The number of carbonyl (C=O) groups excluding carboxylic acids is 1. The molecule has 1 aliphatic carbocycles. The highest BCUT2D eigenvalue weighted by Gasteiger charge is 2.42. The van der Waals surface area contributed by atoms with Crippen LogP contribution in [0.4, 0.5) is 0 Å². The van der Waals surface area contributed by atoms with Crippen molar-refractivity contribution in [1.29, 1.82) is 0 Å². The molecule has 1 aromatic rings. The topological polar surface area (TPSA) is 32.3 Å². The second-order valence-corrected chi connectivity index (χ2v) is 6.49. The molecule has 0 spiro atoms. The third-order valence-electron chi connectivity index (χ3n) is 4.65. The van der Waals surface area contributed by atoms with E-state index in [9.17, 15) is 4.79 Å². The molecule has 20 heavy (non-hydrogen) atoms. The number of hydrogen-bond donors (Lipinski definition) is 1. The average Bonchev–Trinajstić information content (AvgIpc) is 2.72. The van der Waals surface area contributed by atoms with Crippen LogP contribution in [0.25, 0.3) is 0 Å². The Hall–Kier alpha value is -1.35. The van der Waals surface area contributed by atoms with E-state index < -0.39 is 0 Å². The zero-order valence-electron chi connectivity index (χ0n) is 12.4. The zero-order valence-corrected chi connectivity index (χ0v) is 12.4. The fraction of sp³-hybridized carbons (Fsp3) is 0.588. The van der Waals surface area contributed by atoms with Crippen molar-refractivity contribution in [2.45, 2.75) is 45.3 Å². The predicted molar refractivity (Wildman–Crippen MR) is 80.0 cm³/mol. The van der Waals surface area contributed by atoms with Gasteiger partial charge in [0.1, 0.15) is 6.04 Å². The van der Waals surface area contributed by atoms with Crippen LogP contribution in [0.2, 0.25) is 0 Å². The van der Waals surface area contributed by atoms with Gasteiger partial charge in [-0.2, -0.15) is 0 Å². The Bertz CT molecular complexity index is 467. The van der Waals surface area contributed by atoms with Crippen LogP contribution in [0.15, 0.2) is 30.3 Å². The van der Waals surface area contributed by atoms with E-state index in [1.54, 1.807) is 0 Å². The molecule has 2 aliphatic rings. The number of nitrogens with one attached hydrogen (secondary N) is 1. The molecule has 0 radical (unpaired) electrons. The lowest BCUT2D eigenvalue weighted by molar-refractivity contribution is -0.131. The minimum atomic E-state index is -0.163. The Morgan fingerprint density at radius 3 is 2.50 bits per heavy atom. The van der Waals surface area contributed by atoms with Gasteiger partial charge in [-0.15, -0.1) is 0 Å². The highest BCUT2D eigenvalue weighted by atomic mass is 16.2. The minimum Gasteiger partial charge on any atom is -0.325 e. The van der Waals surface area contributed by atoms with Gasteiger partial charge in [-0.3, -0.25) is 10.1 Å². The van der Waals surface area contributed by atoms with Crippen molar-refractivity contribution < 1.29 is 4.79 Å². The number of nitrogens with zero attached hydrogens (tertiary/aromatic N) is 1. The summed E-state index contributed by atoms with van der Waals surface area (Å²) >= 11 is 0. The molecule has 1 amide bonds. The van der Waals surface area contributed by atoms with Crippen LogP contribution in [0, 0.1) is 11.8 Å². The molecular weight excluding hydrogens is 248 g/mol. The highest BCUT2D eigenvalue weighted by molar-refractivity contribution is 5.85. The van der Waals surface area contributed by atoms with Crippen LogP contribution in [-0.4, -0.2) is 23.5 Å². The molecule has 2 fully saturated rings. The maximum atomic E-state index is 12.8. The van der Waals surface area contributed by atoms with Gasteiger partial charge in [0, 0.05) is 6.54 Å². The Balaban J connectivity index is 1.79. The van der Waals surface area contributed by atoms with Gasteiger partial charge in [-0.05, 0) is 30.2 Å². The van der Waals surface area contributed by atoms with E-state index in [2.05, 4.69) is 24.1 Å². The highest BCUT2D eigenvalue weighted by Crippen LogP contribution is 2.33. The first-order valence-electron chi connectivity index (χ1n) is 7.78. The van der Waals surface area contributed by atoms with E-state index >= 15 is 0 Å². The SMILES string of the molecule is CC(C)C1NC(c2ccccc2)C(=O)N1CC1CCC1. The lowest BCUT2D eigenvalue weighted by Crippen LogP contribution is -2.44. The van der Waals surface area contributed by atoms with Crippen LogP contribution >= 0.6 is 0 Å². The summed E-state index contributed by atoms with van der Waals surface area (Å²) in [6, 6.07) is 9.92. The first kappa shape index (κ1) is 13.6. The lowest BCUT2D eigenvalue weighted by atomic mass is 9.85. The van der Waals surface area contributed by atoms with Crippen molar-refractivity contribution in [1.82, 2.24) is 10.2 Å². The second-order valence-electron chi connectivity index (χ2n) is 6.49. The van der Waals surface area contributed by atoms with E-state index in [0.29, 0.717) is 5.92 Å². The zero-order chi connectivity index (χ0) is 14.1. The summed E-state index contributed by atoms with van der Waals surface area (Å²) in [6.07, 6.45) is 4.07. The molecule has 0 aromatic heterocycles. The van der Waals surface area contributed by atoms with E-state index in [-0.39, 0.29) is 18.1 Å². The van der Waals surface area contributed by atoms with Gasteiger partial charge >= 0.3 is 0 Å². The van der Waals surface area contributed by atoms with E-state index in [1.165, 1.54) is 19.3 Å². The molecular formula is C17H24N2O. The molecule has 1 saturated heterocycles. The molecule has 2 unspecified atom stereocenters. The van der Waals surface area contributed by atoms with Crippen molar-refractivity contribution in [3.05, 3.63) is 35.9 Å². The smallest absolute Gasteiger partial charge is 0.245 e. The molecule has 1 heterocycles. The summed E-state index contributed by atoms with van der Waals surface area (Å²) in [6.45, 7) is 5.30. The fourth-order valence-electron chi connectivity index (χ4n) is 3.23. The van der Waals surface area contributed by atoms with Crippen molar-refractivity contribution in [3.8, 4) is 0 Å². The summed E-state index contributed by atoms with van der Waals surface area (Å²) in [4.78, 5) is 14.8. The molecule has 3 heteroatoms. The van der Waals surface area contributed by atoms with Crippen LogP contribution in [0.1, 0.15) is 44.7 Å². The Labute approximate surface area is 121 Å². The fourth-order valence-corrected chi connectivity index (χ4v) is 3.23. The summed E-state index contributed by atoms with van der Waals surface area (Å²) in [5.41, 5.74) is 1.08. The first-order chi connectivity index (χ1) is 9.66. The van der Waals surface area contributed by atoms with Crippen molar-refractivity contribution in [3.63, 3.8) is 0 Å². The van der Waals surface area contributed by atoms with Crippen LogP contribution in [-0.2, 0) is 4.79 Å². The van der Waals surface area contributed by atoms with E-state index in [0.717, 1.165) is 18.0 Å². The van der Waals surface area contributed by atoms with E-state index in [1.807, 2.05) is 30.3 Å². The van der Waals surface area contributed by atoms with Crippen LogP contribution < -0.4 is 5.32 Å². The summed E-state index contributed by atoms with van der Waals surface area (Å²) < 4.78 is 0. The normalized spacial score (nSPS) is 27.1. The number of benzene rings is 1. The maximum Gasteiger partial charge on any atom is 0.245 e. The second kappa shape index (κ2) is 5.57. The van der Waals surface area contributed by atoms with Gasteiger partial charge in [-0.25, -0.2) is 0 Å². The van der Waals surface area contributed by atoms with Crippen molar-refractivity contribution >= 4 is 5.91 Å². The van der Waals surface area contributed by atoms with Gasteiger partial charge < -0.3 is 4.90 Å². The standard InChI is InChI=1S/C17H24N2O/c1-12(2)16-18-15(14-9-4-3-5-10-14)17(20)19(16)11-13-7-6-8-13/h3-5,9-10,12-13,15-16,18H,6-8,11H2,1-2H3. The molecule has 1 aromatic carbocycles. The summed E-state index contributed by atoms with van der Waals surface area (Å²) in [7, 11) is 0. The van der Waals surface area contributed by atoms with Gasteiger partial charge in [-0.1, -0.05) is 50.6 Å². The molecule has 2 atom stereocenters. The number of hydrogen-bond acceptors (Lipinski definition) is 2. The van der Waals surface area contributed by atoms with Gasteiger partial charge in [0.15, 0.2) is 0 Å². The number of rotatable bonds is 4. The Kier molecular flexibility index (Phi) is 3.79. The van der Waals surface area contributed by atoms with Gasteiger partial charge in [0.25, 0.3) is 0 Å². The Morgan fingerprint density at radius 2 is 1.95 bits per heavy atom. The van der Waals surface area contributed by atoms with Crippen LogP contribution in [0.3, 0.4) is 0 Å². The molecule has 3 rings (SSSR count). The molecule has 1 N–H and O–H groups in total. The van der Waals surface area contributed by atoms with Gasteiger partial charge in [0.2, 0.25) is 5.91 Å². The minimum absolute atomic E-state index is 0.163. The molecule has 1 saturated carbocycles. The molecule has 1 aliphatic heterocycles. The monoisotopic (exact) mass is 272 g/mol. The molecule has 3 nitrogen and oxygen atoms in total. The van der Waals surface area contributed by atoms with Crippen molar-refractivity contribution in [2.24, 2.45) is 11.8 Å². The Morgan fingerprint density at radius 1 is 1.25 bits per heavy atom. The predicted octanol–water partition coefficient (Wildman–Crippen LogP) is 2.94. The maximum absolute atomic E-state index is 12.8. The average molecular weight is 272 g/mol. The number of carbonyl (C=O) groups is 1. The van der Waals surface area contributed by atoms with Crippen molar-refractivity contribution in [2.75, 3.05) is 6.54 Å². The van der Waals surface area contributed by atoms with Crippen LogP contribution in [0.5, 0.6) is 0 Å². The third kappa shape index (κ3) is 2.47. The molecule has 108 valence electrons. The quantitative estimate of drug-likeness (QED) is 0.914. The van der Waals surface area contributed by atoms with E-state index in [4.69, 9.17) is 0 Å². The molecule has 0 bridgehead atoms. The third-order valence-corrected chi connectivity index (χ3v) is 4.65. The summed E-state index contributed by atoms with van der Waals surface area (Å²) in [5, 5.41) is 3.54. The lowest BCUT2D eigenvalue weighted by Gasteiger charge is -2.34. The first-order valence-corrected chi connectivity index (χ1v) is 7.78. The summed E-state index contributed by atoms with van der Waals surface area (Å²) in [5.74, 6) is 1.41. The largest absolute Gasteiger partial charge is 0.325 e.